The molecule has 0 saturated heterocycles. The van der Waals surface area contributed by atoms with E-state index in [0.717, 1.165) is 26.4 Å². The van der Waals surface area contributed by atoms with Gasteiger partial charge in [-0.15, -0.1) is 11.3 Å². The van der Waals surface area contributed by atoms with Gasteiger partial charge in [-0.3, -0.25) is 4.79 Å². The third-order valence-corrected chi connectivity index (χ3v) is 5.17. The lowest BCUT2D eigenvalue weighted by atomic mass is 10.2. The largest absolute Gasteiger partial charge is 0.317 e. The van der Waals surface area contributed by atoms with Crippen LogP contribution in [0, 0.1) is 6.92 Å². The van der Waals surface area contributed by atoms with E-state index in [1.165, 1.54) is 11.6 Å². The minimum atomic E-state index is -0.223. The molecule has 0 radical (unpaired) electrons. The van der Waals surface area contributed by atoms with Crippen molar-refractivity contribution >= 4 is 44.9 Å². The zero-order chi connectivity index (χ0) is 15.5. The lowest BCUT2D eigenvalue weighted by Gasteiger charge is -1.99. The third-order valence-electron chi connectivity index (χ3n) is 3.29. The predicted octanol–water partition coefficient (Wildman–Crippen LogP) is 4.23. The highest BCUT2D eigenvalue weighted by Gasteiger charge is 2.05. The van der Waals surface area contributed by atoms with E-state index in [-0.39, 0.29) is 5.91 Å². The molecule has 2 heterocycles. The molecule has 0 aliphatic heterocycles. The van der Waals surface area contributed by atoms with Crippen LogP contribution in [0.3, 0.4) is 0 Å². The van der Waals surface area contributed by atoms with Crippen LogP contribution in [0.1, 0.15) is 17.4 Å². The molecule has 0 atom stereocenters. The van der Waals surface area contributed by atoms with Gasteiger partial charge in [-0.25, -0.2) is 0 Å². The Bertz CT molecular complexity index is 899. The summed E-state index contributed by atoms with van der Waals surface area (Å²) >= 11 is 3.16. The normalized spacial score (nSPS) is 12.5. The smallest absolute Gasteiger partial charge is 0.272 e. The maximum atomic E-state index is 12.1. The third kappa shape index (κ3) is 3.10. The number of rotatable bonds is 3. The van der Waals surface area contributed by atoms with Crippen LogP contribution in [0.25, 0.3) is 16.3 Å². The van der Waals surface area contributed by atoms with Crippen molar-refractivity contribution in [3.63, 3.8) is 0 Å². The number of nitrogens with zero attached hydrogens (tertiary/aromatic N) is 2. The number of aryl methyl sites for hydroxylation is 2. The van der Waals surface area contributed by atoms with Gasteiger partial charge >= 0.3 is 0 Å². The number of hydrogen-bond donors (Lipinski definition) is 0. The number of aromatic nitrogens is 1. The van der Waals surface area contributed by atoms with Gasteiger partial charge in [0.2, 0.25) is 0 Å². The SMILES string of the molecule is CCn1c(=NC(=O)C=Cc2cccs2)sc2cc(C)ccc21. The number of hydrogen-bond acceptors (Lipinski definition) is 3. The Balaban J connectivity index is 1.99. The van der Waals surface area contributed by atoms with Crippen molar-refractivity contribution in [2.24, 2.45) is 4.99 Å². The molecule has 2 aromatic heterocycles. The Kier molecular flexibility index (Phi) is 4.36. The van der Waals surface area contributed by atoms with E-state index in [1.54, 1.807) is 22.7 Å². The molecule has 0 fully saturated rings. The molecule has 3 rings (SSSR count). The molecule has 0 aliphatic rings. The van der Waals surface area contributed by atoms with Crippen molar-refractivity contribution in [2.75, 3.05) is 0 Å². The second kappa shape index (κ2) is 6.42. The summed E-state index contributed by atoms with van der Waals surface area (Å²) < 4.78 is 3.24. The molecule has 0 aliphatic carbocycles. The van der Waals surface area contributed by atoms with Crippen LogP contribution in [-0.4, -0.2) is 10.5 Å². The minimum absolute atomic E-state index is 0.223. The number of thiazole rings is 1. The van der Waals surface area contributed by atoms with E-state index in [1.807, 2.05) is 23.6 Å². The fraction of sp³-hybridized carbons (Fsp3) is 0.176. The lowest BCUT2D eigenvalue weighted by Crippen LogP contribution is -2.15. The fourth-order valence-corrected chi connectivity index (χ4v) is 4.06. The summed E-state index contributed by atoms with van der Waals surface area (Å²) in [6, 6.07) is 10.3. The summed E-state index contributed by atoms with van der Waals surface area (Å²) in [5, 5.41) is 1.99. The Labute approximate surface area is 136 Å². The van der Waals surface area contributed by atoms with Crippen LogP contribution in [-0.2, 0) is 11.3 Å². The Morgan fingerprint density at radius 1 is 1.36 bits per heavy atom. The predicted molar refractivity (Wildman–Crippen MR) is 94.1 cm³/mol. The summed E-state index contributed by atoms with van der Waals surface area (Å²) in [5.41, 5.74) is 2.35. The topological polar surface area (TPSA) is 34.4 Å². The Morgan fingerprint density at radius 3 is 2.95 bits per heavy atom. The zero-order valence-corrected chi connectivity index (χ0v) is 14.1. The van der Waals surface area contributed by atoms with Crippen LogP contribution in [0.5, 0.6) is 0 Å². The molecule has 0 bridgehead atoms. The van der Waals surface area contributed by atoms with E-state index >= 15 is 0 Å². The average molecular weight is 328 g/mol. The molecule has 112 valence electrons. The van der Waals surface area contributed by atoms with E-state index in [9.17, 15) is 4.79 Å². The highest BCUT2D eigenvalue weighted by molar-refractivity contribution is 7.16. The standard InChI is InChI=1S/C17H16N2OS2/c1-3-19-14-8-6-12(2)11-15(14)22-17(19)18-16(20)9-7-13-5-4-10-21-13/h4-11H,3H2,1-2H3. The summed E-state index contributed by atoms with van der Waals surface area (Å²) in [5.74, 6) is -0.223. The van der Waals surface area contributed by atoms with E-state index in [2.05, 4.69) is 41.6 Å². The fourth-order valence-electron chi connectivity index (χ4n) is 2.24. The molecule has 5 heteroatoms. The first-order valence-corrected chi connectivity index (χ1v) is 8.77. The molecule has 22 heavy (non-hydrogen) atoms. The first-order chi connectivity index (χ1) is 10.7. The quantitative estimate of drug-likeness (QED) is 0.662. The maximum Gasteiger partial charge on any atom is 0.272 e. The molecule has 1 aromatic carbocycles. The van der Waals surface area contributed by atoms with Gasteiger partial charge < -0.3 is 4.57 Å². The van der Waals surface area contributed by atoms with Gasteiger partial charge in [0.25, 0.3) is 5.91 Å². The Morgan fingerprint density at radius 2 is 2.23 bits per heavy atom. The van der Waals surface area contributed by atoms with Crippen molar-refractivity contribution < 1.29 is 4.79 Å². The zero-order valence-electron chi connectivity index (χ0n) is 12.4. The molecule has 0 unspecified atom stereocenters. The molecule has 1 amide bonds. The second-order valence-corrected chi connectivity index (χ2v) is 6.89. The first-order valence-electron chi connectivity index (χ1n) is 7.07. The van der Waals surface area contributed by atoms with Gasteiger partial charge in [-0.1, -0.05) is 23.5 Å². The van der Waals surface area contributed by atoms with Crippen molar-refractivity contribution in [3.8, 4) is 0 Å². The molecule has 0 saturated carbocycles. The average Bonchev–Trinajstić information content (AvgIpc) is 3.11. The second-order valence-electron chi connectivity index (χ2n) is 4.90. The number of carbonyl (C=O) groups is 1. The maximum absolute atomic E-state index is 12.1. The molecule has 0 spiro atoms. The van der Waals surface area contributed by atoms with Gasteiger partial charge in [-0.2, -0.15) is 4.99 Å². The van der Waals surface area contributed by atoms with E-state index in [0.29, 0.717) is 0 Å². The molecule has 3 aromatic rings. The van der Waals surface area contributed by atoms with Crippen LogP contribution in [0.4, 0.5) is 0 Å². The molecular formula is C17H16N2OS2. The molecule has 0 N–H and O–H groups in total. The van der Waals surface area contributed by atoms with Crippen LogP contribution < -0.4 is 4.80 Å². The monoisotopic (exact) mass is 328 g/mol. The summed E-state index contributed by atoms with van der Waals surface area (Å²) in [6.07, 6.45) is 3.34. The summed E-state index contributed by atoms with van der Waals surface area (Å²) in [6.45, 7) is 4.93. The Hall–Kier alpha value is -1.98. The molecular weight excluding hydrogens is 312 g/mol. The summed E-state index contributed by atoms with van der Waals surface area (Å²) in [7, 11) is 0. The van der Waals surface area contributed by atoms with Crippen LogP contribution in [0.15, 0.2) is 46.8 Å². The summed E-state index contributed by atoms with van der Waals surface area (Å²) in [4.78, 5) is 18.1. The van der Waals surface area contributed by atoms with E-state index in [4.69, 9.17) is 0 Å². The van der Waals surface area contributed by atoms with Gasteiger partial charge in [-0.05, 0) is 49.1 Å². The number of amides is 1. The van der Waals surface area contributed by atoms with Crippen molar-refractivity contribution in [1.82, 2.24) is 4.57 Å². The number of benzene rings is 1. The highest BCUT2D eigenvalue weighted by Crippen LogP contribution is 2.18. The number of carbonyl (C=O) groups excluding carboxylic acids is 1. The van der Waals surface area contributed by atoms with Crippen molar-refractivity contribution in [3.05, 3.63) is 57.0 Å². The van der Waals surface area contributed by atoms with Gasteiger partial charge in [0.15, 0.2) is 4.80 Å². The van der Waals surface area contributed by atoms with Gasteiger partial charge in [0.1, 0.15) is 0 Å². The van der Waals surface area contributed by atoms with Crippen LogP contribution >= 0.6 is 22.7 Å². The van der Waals surface area contributed by atoms with E-state index < -0.39 is 0 Å². The lowest BCUT2D eigenvalue weighted by molar-refractivity contribution is -0.113. The van der Waals surface area contributed by atoms with Crippen LogP contribution in [0.2, 0.25) is 0 Å². The minimum Gasteiger partial charge on any atom is -0.317 e. The number of fused-ring (bicyclic) bond motifs is 1. The molecule has 3 nitrogen and oxygen atoms in total. The van der Waals surface area contributed by atoms with Gasteiger partial charge in [0.05, 0.1) is 10.2 Å². The van der Waals surface area contributed by atoms with Gasteiger partial charge in [0, 0.05) is 17.5 Å². The first kappa shape index (κ1) is 14.9. The van der Waals surface area contributed by atoms with Crippen molar-refractivity contribution in [2.45, 2.75) is 20.4 Å². The highest BCUT2D eigenvalue weighted by atomic mass is 32.1. The van der Waals surface area contributed by atoms with Crippen molar-refractivity contribution in [1.29, 1.82) is 0 Å². The number of thiophene rings is 1.